The summed E-state index contributed by atoms with van der Waals surface area (Å²) in [7, 11) is 5.26. The molecule has 1 aliphatic rings. The summed E-state index contributed by atoms with van der Waals surface area (Å²) in [5.41, 5.74) is 1.76. The van der Waals surface area contributed by atoms with E-state index in [2.05, 4.69) is 15.2 Å². The highest BCUT2D eigenvalue weighted by Crippen LogP contribution is 2.44. The zero-order valence-corrected chi connectivity index (χ0v) is 23.2. The number of pyridine rings is 1. The molecule has 2 N–H and O–H groups in total. The van der Waals surface area contributed by atoms with Crippen molar-refractivity contribution >= 4 is 28.2 Å². The average Bonchev–Trinajstić information content (AvgIpc) is 2.91. The van der Waals surface area contributed by atoms with Crippen LogP contribution in [0, 0.1) is 17.0 Å². The maximum atomic E-state index is 16.1. The summed E-state index contributed by atoms with van der Waals surface area (Å²) >= 11 is 0. The van der Waals surface area contributed by atoms with E-state index in [1.54, 1.807) is 25.4 Å². The number of carboxylic acids is 1. The number of ether oxygens (including phenoxy) is 1. The number of alkyl halides is 1. The van der Waals surface area contributed by atoms with Crippen LogP contribution in [0.15, 0.2) is 42.6 Å². The van der Waals surface area contributed by atoms with Crippen molar-refractivity contribution in [2.45, 2.75) is 38.3 Å². The zero-order valence-electron chi connectivity index (χ0n) is 23.2. The molecule has 7 nitrogen and oxygen atoms in total. The average molecular weight is 559 g/mol. The van der Waals surface area contributed by atoms with E-state index >= 15 is 4.39 Å². The van der Waals surface area contributed by atoms with Gasteiger partial charge < -0.3 is 25.0 Å². The predicted molar refractivity (Wildman–Crippen MR) is 151 cm³/mol. The van der Waals surface area contributed by atoms with Crippen LogP contribution in [0.4, 0.5) is 24.5 Å². The van der Waals surface area contributed by atoms with Crippen molar-refractivity contribution in [2.24, 2.45) is 5.41 Å². The molecular weight excluding hydrogens is 521 g/mol. The van der Waals surface area contributed by atoms with Crippen LogP contribution in [0.25, 0.3) is 10.9 Å². The summed E-state index contributed by atoms with van der Waals surface area (Å²) in [5, 5.41) is 13.4. The molecule has 2 aromatic carbocycles. The number of nitrogens with one attached hydrogen (secondary N) is 1. The Hall–Kier alpha value is -3.53. The van der Waals surface area contributed by atoms with Gasteiger partial charge in [0.15, 0.2) is 0 Å². The monoisotopic (exact) mass is 558 g/mol. The maximum absolute atomic E-state index is 16.1. The first-order chi connectivity index (χ1) is 19.1. The van der Waals surface area contributed by atoms with Crippen molar-refractivity contribution in [2.75, 3.05) is 57.6 Å². The third kappa shape index (κ3) is 7.15. The van der Waals surface area contributed by atoms with Gasteiger partial charge in [0.1, 0.15) is 23.6 Å². The highest BCUT2D eigenvalue weighted by Gasteiger charge is 2.37. The molecule has 40 heavy (non-hydrogen) atoms. The van der Waals surface area contributed by atoms with Crippen LogP contribution in [0.3, 0.4) is 0 Å². The molecule has 1 aromatic heterocycles. The number of aliphatic carboxylic acids is 1. The molecule has 3 aromatic rings. The number of aromatic nitrogens is 1. The van der Waals surface area contributed by atoms with Gasteiger partial charge in [0.2, 0.25) is 0 Å². The van der Waals surface area contributed by atoms with Crippen LogP contribution in [0.2, 0.25) is 0 Å². The van der Waals surface area contributed by atoms with E-state index in [4.69, 9.17) is 4.74 Å². The van der Waals surface area contributed by atoms with Gasteiger partial charge in [-0.05, 0) is 74.5 Å². The molecule has 4 rings (SSSR count). The first kappa shape index (κ1) is 29.5. The van der Waals surface area contributed by atoms with Crippen LogP contribution < -0.4 is 15.0 Å². The maximum Gasteiger partial charge on any atom is 0.303 e. The Morgan fingerprint density at radius 3 is 2.50 bits per heavy atom. The smallest absolute Gasteiger partial charge is 0.303 e. The van der Waals surface area contributed by atoms with Gasteiger partial charge in [-0.2, -0.15) is 0 Å². The third-order valence-electron chi connectivity index (χ3n) is 7.88. The number of piperidine rings is 1. The minimum absolute atomic E-state index is 0.0141. The Morgan fingerprint density at radius 2 is 1.88 bits per heavy atom. The SMILES string of the molecule is COc1ccc2ncc(N(C)C)c(C(F)CCC3(CC(=O)O)CCN(CCNc4cc(F)cc(F)c4)CC3)c2c1. The lowest BCUT2D eigenvalue weighted by molar-refractivity contribution is -0.141. The van der Waals surface area contributed by atoms with Gasteiger partial charge >= 0.3 is 5.97 Å². The first-order valence-electron chi connectivity index (χ1n) is 13.5. The number of anilines is 2. The Balaban J connectivity index is 1.43. The Bertz CT molecular complexity index is 1310. The second kappa shape index (κ2) is 12.8. The Morgan fingerprint density at radius 1 is 1.18 bits per heavy atom. The summed E-state index contributed by atoms with van der Waals surface area (Å²) in [6.45, 7) is 2.47. The van der Waals surface area contributed by atoms with Gasteiger partial charge in [0.25, 0.3) is 0 Å². The number of halogens is 3. The fraction of sp³-hybridized carbons (Fsp3) is 0.467. The van der Waals surface area contributed by atoms with Crippen LogP contribution >= 0.6 is 0 Å². The van der Waals surface area contributed by atoms with Crippen LogP contribution in [0.5, 0.6) is 5.75 Å². The lowest BCUT2D eigenvalue weighted by Crippen LogP contribution is -2.43. The molecule has 0 saturated carbocycles. The predicted octanol–water partition coefficient (Wildman–Crippen LogP) is 6.05. The van der Waals surface area contributed by atoms with Crippen molar-refractivity contribution in [3.8, 4) is 5.75 Å². The molecule has 2 heterocycles. The summed E-state index contributed by atoms with van der Waals surface area (Å²) in [5.74, 6) is -1.54. The fourth-order valence-corrected chi connectivity index (χ4v) is 5.67. The van der Waals surface area contributed by atoms with Crippen LogP contribution in [-0.2, 0) is 4.79 Å². The van der Waals surface area contributed by atoms with Crippen LogP contribution in [-0.4, -0.2) is 68.3 Å². The number of likely N-dealkylation sites (tertiary alicyclic amines) is 1. The van der Waals surface area contributed by atoms with Crippen molar-refractivity contribution in [1.29, 1.82) is 0 Å². The van der Waals surface area contributed by atoms with Gasteiger partial charge in [0, 0.05) is 49.9 Å². The van der Waals surface area contributed by atoms with E-state index in [0.717, 1.165) is 6.07 Å². The van der Waals surface area contributed by atoms with Crippen molar-refractivity contribution < 1.29 is 27.8 Å². The number of rotatable bonds is 12. The Kier molecular flexibility index (Phi) is 9.40. The van der Waals surface area contributed by atoms with E-state index in [9.17, 15) is 18.7 Å². The topological polar surface area (TPSA) is 77.9 Å². The number of benzene rings is 2. The van der Waals surface area contributed by atoms with Crippen molar-refractivity contribution in [3.05, 3.63) is 59.8 Å². The number of nitrogens with zero attached hydrogens (tertiary/aromatic N) is 3. The fourth-order valence-electron chi connectivity index (χ4n) is 5.67. The molecule has 0 bridgehead atoms. The zero-order chi connectivity index (χ0) is 28.9. The molecule has 1 aliphatic heterocycles. The van der Waals surface area contributed by atoms with Crippen molar-refractivity contribution in [3.63, 3.8) is 0 Å². The lowest BCUT2D eigenvalue weighted by Gasteiger charge is -2.41. The molecule has 1 unspecified atom stereocenters. The lowest BCUT2D eigenvalue weighted by atomic mass is 9.71. The van der Waals surface area contributed by atoms with Gasteiger partial charge in [-0.15, -0.1) is 0 Å². The molecule has 0 radical (unpaired) electrons. The van der Waals surface area contributed by atoms with Crippen molar-refractivity contribution in [1.82, 2.24) is 9.88 Å². The number of carboxylic acid groups (broad SMARTS) is 1. The van der Waals surface area contributed by atoms with Gasteiger partial charge in [0.05, 0.1) is 30.9 Å². The minimum atomic E-state index is -1.31. The minimum Gasteiger partial charge on any atom is -0.497 e. The van der Waals surface area contributed by atoms with E-state index in [1.165, 1.54) is 12.1 Å². The second-order valence-electron chi connectivity index (χ2n) is 10.8. The summed E-state index contributed by atoms with van der Waals surface area (Å²) in [4.78, 5) is 20.4. The molecule has 1 saturated heterocycles. The number of fused-ring (bicyclic) bond motifs is 1. The number of carbonyl (C=O) groups is 1. The summed E-state index contributed by atoms with van der Waals surface area (Å²) < 4.78 is 48.4. The molecule has 1 fully saturated rings. The van der Waals surface area contributed by atoms with Gasteiger partial charge in [-0.1, -0.05) is 0 Å². The van der Waals surface area contributed by atoms with E-state index in [-0.39, 0.29) is 12.8 Å². The van der Waals surface area contributed by atoms with E-state index in [0.29, 0.717) is 79.0 Å². The molecule has 0 spiro atoms. The summed E-state index contributed by atoms with van der Waals surface area (Å²) in [6, 6.07) is 8.72. The van der Waals surface area contributed by atoms with Crippen LogP contribution in [0.1, 0.15) is 43.8 Å². The largest absolute Gasteiger partial charge is 0.497 e. The highest BCUT2D eigenvalue weighted by atomic mass is 19.1. The number of hydrogen-bond donors (Lipinski definition) is 2. The summed E-state index contributed by atoms with van der Waals surface area (Å²) in [6.07, 6.45) is 2.24. The highest BCUT2D eigenvalue weighted by molar-refractivity contribution is 5.88. The molecule has 216 valence electrons. The molecule has 0 amide bonds. The Labute approximate surface area is 232 Å². The molecule has 0 aliphatic carbocycles. The van der Waals surface area contributed by atoms with Gasteiger partial charge in [-0.25, -0.2) is 13.2 Å². The quantitative estimate of drug-likeness (QED) is 0.280. The third-order valence-corrected chi connectivity index (χ3v) is 7.88. The van der Waals surface area contributed by atoms with E-state index < -0.39 is 29.2 Å². The number of hydrogen-bond acceptors (Lipinski definition) is 6. The molecule has 1 atom stereocenters. The van der Waals surface area contributed by atoms with Gasteiger partial charge in [-0.3, -0.25) is 9.78 Å². The number of methoxy groups -OCH3 is 1. The van der Waals surface area contributed by atoms with E-state index in [1.807, 2.05) is 25.1 Å². The molecule has 10 heteroatoms. The molecular formula is C30H37F3N4O3. The second-order valence-corrected chi connectivity index (χ2v) is 10.8. The normalized spacial score (nSPS) is 16.1. The standard InChI is InChI=1S/C30H37F3N4O3/c1-36(2)27-19-35-26-5-4-23(40-3)17-24(26)29(27)25(33)6-7-30(18-28(38)39)8-11-37(12-9-30)13-10-34-22-15-20(31)14-21(32)16-22/h4-5,14-17,19,25,34H,6-13,18H2,1-3H3,(H,38,39). The first-order valence-corrected chi connectivity index (χ1v) is 13.5.